The van der Waals surface area contributed by atoms with Gasteiger partial charge in [-0.15, -0.1) is 0 Å². The van der Waals surface area contributed by atoms with Crippen molar-refractivity contribution in [2.24, 2.45) is 0 Å². The van der Waals surface area contributed by atoms with Crippen LogP contribution in [-0.4, -0.2) is 19.9 Å². The third kappa shape index (κ3) is 2.16. The first kappa shape index (κ1) is 12.7. The third-order valence-electron chi connectivity index (χ3n) is 2.79. The number of imidazole rings is 1. The molecule has 102 valence electrons. The smallest absolute Gasteiger partial charge is 0.182 e. The van der Waals surface area contributed by atoms with Crippen LogP contribution in [-0.2, 0) is 6.54 Å². The molecule has 5 nitrogen and oxygen atoms in total. The van der Waals surface area contributed by atoms with E-state index in [1.165, 1.54) is 18.7 Å². The van der Waals surface area contributed by atoms with Gasteiger partial charge in [-0.25, -0.2) is 23.7 Å². The minimum atomic E-state index is -0.783. The van der Waals surface area contributed by atoms with Gasteiger partial charge in [0, 0.05) is 12.1 Å². The summed E-state index contributed by atoms with van der Waals surface area (Å²) in [4.78, 5) is 14.8. The highest BCUT2D eigenvalue weighted by atomic mass is 35.5. The molecule has 0 unspecified atom stereocenters. The number of hydrogen-bond acceptors (Lipinski definition) is 4. The minimum Gasteiger partial charge on any atom is -0.364 e. The molecule has 2 N–H and O–H groups in total. The molecule has 0 radical (unpaired) electrons. The van der Waals surface area contributed by atoms with E-state index in [1.54, 1.807) is 0 Å². The van der Waals surface area contributed by atoms with E-state index >= 15 is 0 Å². The molecule has 1 aromatic carbocycles. The van der Waals surface area contributed by atoms with Gasteiger partial charge in [0.15, 0.2) is 11.5 Å². The van der Waals surface area contributed by atoms with Crippen LogP contribution in [0, 0.1) is 11.6 Å². The lowest BCUT2D eigenvalue weighted by molar-refractivity contribution is 0.560. The summed E-state index contributed by atoms with van der Waals surface area (Å²) < 4.78 is 27.3. The molecule has 3 aromatic rings. The quantitative estimate of drug-likeness (QED) is 0.729. The zero-order valence-electron chi connectivity index (χ0n) is 9.99. The van der Waals surface area contributed by atoms with E-state index in [0.717, 1.165) is 6.07 Å². The summed E-state index contributed by atoms with van der Waals surface area (Å²) in [5.41, 5.74) is 0.883. The van der Waals surface area contributed by atoms with Gasteiger partial charge in [0.2, 0.25) is 0 Å². The molecule has 0 aliphatic rings. The van der Waals surface area contributed by atoms with Crippen molar-refractivity contribution in [3.63, 3.8) is 0 Å². The van der Waals surface area contributed by atoms with E-state index in [2.05, 4.69) is 25.3 Å². The van der Waals surface area contributed by atoms with Crippen molar-refractivity contribution in [2.45, 2.75) is 6.54 Å². The van der Waals surface area contributed by atoms with Crippen LogP contribution in [0.2, 0.25) is 5.02 Å². The fourth-order valence-corrected chi connectivity index (χ4v) is 1.98. The monoisotopic (exact) mass is 295 g/mol. The number of hydrogen-bond donors (Lipinski definition) is 2. The van der Waals surface area contributed by atoms with Crippen LogP contribution in [0.5, 0.6) is 0 Å². The van der Waals surface area contributed by atoms with E-state index in [0.29, 0.717) is 17.0 Å². The van der Waals surface area contributed by atoms with Crippen molar-refractivity contribution in [1.82, 2.24) is 19.9 Å². The zero-order valence-corrected chi connectivity index (χ0v) is 10.7. The second-order valence-corrected chi connectivity index (χ2v) is 4.41. The van der Waals surface area contributed by atoms with Gasteiger partial charge in [0.25, 0.3) is 0 Å². The first-order chi connectivity index (χ1) is 9.66. The molecule has 2 aromatic heterocycles. The molecule has 0 aliphatic carbocycles. The van der Waals surface area contributed by atoms with E-state index in [4.69, 9.17) is 11.6 Å². The molecule has 8 heteroatoms. The topological polar surface area (TPSA) is 66.5 Å². The number of aromatic amines is 1. The van der Waals surface area contributed by atoms with Gasteiger partial charge in [-0.1, -0.05) is 11.6 Å². The molecule has 2 heterocycles. The van der Waals surface area contributed by atoms with Gasteiger partial charge in [-0.05, 0) is 12.1 Å². The molecule has 0 fully saturated rings. The highest BCUT2D eigenvalue weighted by Gasteiger charge is 2.13. The maximum Gasteiger partial charge on any atom is 0.182 e. The summed E-state index contributed by atoms with van der Waals surface area (Å²) in [5, 5.41) is 2.71. The number of anilines is 1. The zero-order chi connectivity index (χ0) is 14.1. The Balaban J connectivity index is 1.90. The van der Waals surface area contributed by atoms with Crippen LogP contribution in [0.1, 0.15) is 5.56 Å². The molecule has 20 heavy (non-hydrogen) atoms. The standard InChI is InChI=1S/C12H8ClF2N5/c13-7-1-2-8(14)6(9(7)15)3-16-11-10-12(18-4-17-10)20-5-19-11/h1-2,4-5H,3H2,(H2,16,17,18,19,20). The van der Waals surface area contributed by atoms with Crippen LogP contribution >= 0.6 is 11.6 Å². The second-order valence-electron chi connectivity index (χ2n) is 4.00. The fourth-order valence-electron chi connectivity index (χ4n) is 1.80. The SMILES string of the molecule is Fc1ccc(Cl)c(F)c1CNc1ncnc2nc[nH]c12. The van der Waals surface area contributed by atoms with Crippen molar-refractivity contribution < 1.29 is 8.78 Å². The molecular formula is C12H8ClF2N5. The number of H-pyrrole nitrogens is 1. The molecule has 0 aliphatic heterocycles. The average molecular weight is 296 g/mol. The maximum atomic E-state index is 13.8. The number of aromatic nitrogens is 4. The Morgan fingerprint density at radius 2 is 2.05 bits per heavy atom. The van der Waals surface area contributed by atoms with Crippen LogP contribution < -0.4 is 5.32 Å². The largest absolute Gasteiger partial charge is 0.364 e. The van der Waals surface area contributed by atoms with Crippen LogP contribution in [0.4, 0.5) is 14.6 Å². The summed E-state index contributed by atoms with van der Waals surface area (Å²) in [7, 11) is 0. The predicted molar refractivity (Wildman–Crippen MR) is 70.4 cm³/mol. The molecule has 3 rings (SSSR count). The molecule has 0 saturated heterocycles. The number of nitrogens with zero attached hydrogens (tertiary/aromatic N) is 3. The second kappa shape index (κ2) is 5.01. The van der Waals surface area contributed by atoms with Gasteiger partial charge >= 0.3 is 0 Å². The summed E-state index contributed by atoms with van der Waals surface area (Å²) in [6.45, 7) is -0.0939. The number of halogens is 3. The van der Waals surface area contributed by atoms with Crippen molar-refractivity contribution in [2.75, 3.05) is 5.32 Å². The molecule has 0 bridgehead atoms. The van der Waals surface area contributed by atoms with Crippen LogP contribution in [0.25, 0.3) is 11.2 Å². The van der Waals surface area contributed by atoms with Crippen molar-refractivity contribution >= 4 is 28.6 Å². The maximum absolute atomic E-state index is 13.8. The Kier molecular flexibility index (Phi) is 3.19. The third-order valence-corrected chi connectivity index (χ3v) is 3.09. The Hall–Kier alpha value is -2.28. The number of nitrogens with one attached hydrogen (secondary N) is 2. The lowest BCUT2D eigenvalue weighted by atomic mass is 10.2. The predicted octanol–water partition coefficient (Wildman–Crippen LogP) is 2.90. The highest BCUT2D eigenvalue weighted by molar-refractivity contribution is 6.30. The molecule has 0 atom stereocenters. The van der Waals surface area contributed by atoms with Gasteiger partial charge in [-0.3, -0.25) is 0 Å². The van der Waals surface area contributed by atoms with Gasteiger partial charge < -0.3 is 10.3 Å². The Morgan fingerprint density at radius 3 is 2.90 bits per heavy atom. The lowest BCUT2D eigenvalue weighted by Gasteiger charge is -2.09. The van der Waals surface area contributed by atoms with Crippen LogP contribution in [0.15, 0.2) is 24.8 Å². The van der Waals surface area contributed by atoms with Crippen molar-refractivity contribution in [3.8, 4) is 0 Å². The molecule has 0 spiro atoms. The van der Waals surface area contributed by atoms with Gasteiger partial charge in [-0.2, -0.15) is 0 Å². The summed E-state index contributed by atoms with van der Waals surface area (Å²) in [6, 6.07) is 2.29. The Morgan fingerprint density at radius 1 is 1.20 bits per heavy atom. The Labute approximate surface area is 117 Å². The summed E-state index contributed by atoms with van der Waals surface area (Å²) >= 11 is 5.63. The minimum absolute atomic E-state index is 0.0939. The van der Waals surface area contributed by atoms with Crippen molar-refractivity contribution in [3.05, 3.63) is 47.0 Å². The van der Waals surface area contributed by atoms with E-state index < -0.39 is 11.6 Å². The molecule has 0 saturated carbocycles. The van der Waals surface area contributed by atoms with E-state index in [9.17, 15) is 8.78 Å². The van der Waals surface area contributed by atoms with Gasteiger partial charge in [0.05, 0.1) is 11.3 Å². The number of benzene rings is 1. The first-order valence-corrected chi connectivity index (χ1v) is 6.05. The van der Waals surface area contributed by atoms with E-state index in [-0.39, 0.29) is 17.1 Å². The molecular weight excluding hydrogens is 288 g/mol. The van der Waals surface area contributed by atoms with Gasteiger partial charge in [0.1, 0.15) is 23.5 Å². The summed E-state index contributed by atoms with van der Waals surface area (Å²) in [5.74, 6) is -1.05. The summed E-state index contributed by atoms with van der Waals surface area (Å²) in [6.07, 6.45) is 2.78. The highest BCUT2D eigenvalue weighted by Crippen LogP contribution is 2.22. The number of fused-ring (bicyclic) bond motifs is 1. The fraction of sp³-hybridized carbons (Fsp3) is 0.0833. The average Bonchev–Trinajstić information content (AvgIpc) is 2.92. The van der Waals surface area contributed by atoms with Crippen LogP contribution in [0.3, 0.4) is 0 Å². The normalized spacial score (nSPS) is 10.9. The van der Waals surface area contributed by atoms with Crippen molar-refractivity contribution in [1.29, 1.82) is 0 Å². The molecule has 0 amide bonds. The number of rotatable bonds is 3. The first-order valence-electron chi connectivity index (χ1n) is 5.67. The Bertz CT molecular complexity index is 774. The van der Waals surface area contributed by atoms with E-state index in [1.807, 2.05) is 0 Å². The lowest BCUT2D eigenvalue weighted by Crippen LogP contribution is -2.07.